The molecule has 0 radical (unpaired) electrons. The molecule has 1 N–H and O–H groups in total. The number of nitrogens with zero attached hydrogens (tertiary/aromatic N) is 2. The van der Waals surface area contributed by atoms with Gasteiger partial charge in [-0.1, -0.05) is 6.07 Å². The maximum Gasteiger partial charge on any atom is 0.428 e. The Morgan fingerprint density at radius 2 is 2.00 bits per heavy atom. The second-order valence-corrected chi connectivity index (χ2v) is 5.82. The molecule has 124 valence electrons. The van der Waals surface area contributed by atoms with Crippen LogP contribution in [0.5, 0.6) is 0 Å². The summed E-state index contributed by atoms with van der Waals surface area (Å²) in [6, 6.07) is 4.25. The summed E-state index contributed by atoms with van der Waals surface area (Å²) in [4.78, 5) is 12.7. The van der Waals surface area contributed by atoms with Crippen LogP contribution in [0.2, 0.25) is 0 Å². The van der Waals surface area contributed by atoms with E-state index >= 15 is 0 Å². The number of cyclic esters (lactones) is 1. The number of benzene rings is 1. The SMILES string of the molecule is C[C@@H]1C[C@H](C)N1c1ccc(C2=NNC(=O)OC2)cc1C(F)(F)F. The molecular weight excluding hydrogens is 311 g/mol. The quantitative estimate of drug-likeness (QED) is 0.908. The molecule has 0 aromatic heterocycles. The second kappa shape index (κ2) is 5.43. The van der Waals surface area contributed by atoms with Crippen LogP contribution in [-0.4, -0.2) is 30.5 Å². The van der Waals surface area contributed by atoms with Crippen molar-refractivity contribution < 1.29 is 22.7 Å². The number of ether oxygens (including phenoxy) is 1. The van der Waals surface area contributed by atoms with Crippen molar-refractivity contribution in [3.63, 3.8) is 0 Å². The largest absolute Gasteiger partial charge is 0.442 e. The molecule has 1 amide bonds. The molecule has 8 heteroatoms. The van der Waals surface area contributed by atoms with E-state index in [1.165, 1.54) is 6.07 Å². The highest BCUT2D eigenvalue weighted by Gasteiger charge is 2.40. The Kier molecular flexibility index (Phi) is 3.69. The minimum absolute atomic E-state index is 0.0755. The fraction of sp³-hybridized carbons (Fsp3) is 0.467. The van der Waals surface area contributed by atoms with Crippen LogP contribution in [0.1, 0.15) is 31.4 Å². The van der Waals surface area contributed by atoms with Crippen LogP contribution in [0.4, 0.5) is 23.7 Å². The molecule has 23 heavy (non-hydrogen) atoms. The fourth-order valence-electron chi connectivity index (χ4n) is 3.12. The van der Waals surface area contributed by atoms with Gasteiger partial charge in [0.1, 0.15) is 12.3 Å². The van der Waals surface area contributed by atoms with E-state index in [0.717, 1.165) is 12.5 Å². The van der Waals surface area contributed by atoms with Gasteiger partial charge in [0.15, 0.2) is 0 Å². The summed E-state index contributed by atoms with van der Waals surface area (Å²) in [5.74, 6) is 0. The van der Waals surface area contributed by atoms with Crippen molar-refractivity contribution >= 4 is 17.5 Å². The molecule has 1 fully saturated rings. The molecule has 0 spiro atoms. The Balaban J connectivity index is 2.01. The van der Waals surface area contributed by atoms with Crippen molar-refractivity contribution in [2.75, 3.05) is 11.5 Å². The zero-order valence-electron chi connectivity index (χ0n) is 12.6. The average Bonchev–Trinajstić information content (AvgIpc) is 2.47. The smallest absolute Gasteiger partial charge is 0.428 e. The first-order valence-electron chi connectivity index (χ1n) is 7.26. The van der Waals surface area contributed by atoms with Crippen LogP contribution in [0, 0.1) is 0 Å². The van der Waals surface area contributed by atoms with Gasteiger partial charge in [-0.05, 0) is 32.4 Å². The van der Waals surface area contributed by atoms with Crippen LogP contribution < -0.4 is 10.3 Å². The third kappa shape index (κ3) is 2.85. The molecule has 2 heterocycles. The highest BCUT2D eigenvalue weighted by molar-refractivity contribution is 6.04. The second-order valence-electron chi connectivity index (χ2n) is 5.82. The number of amides is 1. The summed E-state index contributed by atoms with van der Waals surface area (Å²) in [6.07, 6.45) is -4.32. The molecule has 5 nitrogen and oxygen atoms in total. The van der Waals surface area contributed by atoms with E-state index in [2.05, 4.69) is 10.5 Å². The third-order valence-electron chi connectivity index (χ3n) is 4.17. The number of alkyl halides is 3. The molecule has 1 aromatic rings. The number of halogens is 3. The molecule has 0 unspecified atom stereocenters. The monoisotopic (exact) mass is 327 g/mol. The minimum Gasteiger partial charge on any atom is -0.442 e. The van der Waals surface area contributed by atoms with E-state index in [0.29, 0.717) is 0 Å². The number of rotatable bonds is 2. The highest BCUT2D eigenvalue weighted by Crippen LogP contribution is 2.42. The normalized spacial score (nSPS) is 24.5. The minimum atomic E-state index is -4.47. The molecule has 1 saturated heterocycles. The summed E-state index contributed by atoms with van der Waals surface area (Å²) < 4.78 is 45.1. The summed E-state index contributed by atoms with van der Waals surface area (Å²) in [5, 5.41) is 3.75. The molecule has 2 aliphatic rings. The third-order valence-corrected chi connectivity index (χ3v) is 4.17. The van der Waals surface area contributed by atoms with Crippen molar-refractivity contribution in [2.45, 2.75) is 38.5 Å². The number of hydrogen-bond acceptors (Lipinski definition) is 4. The predicted octanol–water partition coefficient (Wildman–Crippen LogP) is 3.14. The molecule has 0 bridgehead atoms. The molecule has 0 aliphatic carbocycles. The number of carbonyl (C=O) groups is 1. The van der Waals surface area contributed by atoms with Crippen LogP contribution in [-0.2, 0) is 10.9 Å². The number of hydrogen-bond donors (Lipinski definition) is 1. The predicted molar refractivity (Wildman–Crippen MR) is 78.5 cm³/mol. The lowest BCUT2D eigenvalue weighted by Gasteiger charge is -2.48. The Labute approximate surface area is 131 Å². The molecule has 1 aromatic carbocycles. The van der Waals surface area contributed by atoms with Crippen molar-refractivity contribution in [1.29, 1.82) is 0 Å². The van der Waals surface area contributed by atoms with Gasteiger partial charge < -0.3 is 9.64 Å². The standard InChI is InChI=1S/C15H16F3N3O2/c1-8-5-9(2)21(8)13-4-3-10(6-11(13)15(16,17)18)12-7-23-14(22)20-19-12/h3-4,6,8-9H,5,7H2,1-2H3,(H,20,22)/t8-,9+. The zero-order chi connectivity index (χ0) is 16.8. The Bertz CT molecular complexity index is 664. The molecule has 2 atom stereocenters. The topological polar surface area (TPSA) is 53.9 Å². The summed E-state index contributed by atoms with van der Waals surface area (Å²) in [7, 11) is 0. The maximum absolute atomic E-state index is 13.5. The number of carbonyl (C=O) groups excluding carboxylic acids is 1. The molecule has 3 rings (SSSR count). The first-order chi connectivity index (χ1) is 10.8. The van der Waals surface area contributed by atoms with Gasteiger partial charge in [-0.25, -0.2) is 10.2 Å². The van der Waals surface area contributed by atoms with E-state index in [1.54, 1.807) is 11.0 Å². The molecule has 0 saturated carbocycles. The van der Waals surface area contributed by atoms with Crippen molar-refractivity contribution in [1.82, 2.24) is 5.43 Å². The van der Waals surface area contributed by atoms with Gasteiger partial charge in [0, 0.05) is 23.3 Å². The summed E-state index contributed by atoms with van der Waals surface area (Å²) >= 11 is 0. The van der Waals surface area contributed by atoms with E-state index in [4.69, 9.17) is 4.74 Å². The van der Waals surface area contributed by atoms with Crippen LogP contribution >= 0.6 is 0 Å². The first kappa shape index (κ1) is 15.6. The van der Waals surface area contributed by atoms with E-state index in [-0.39, 0.29) is 35.7 Å². The van der Waals surface area contributed by atoms with E-state index in [1.807, 2.05) is 13.8 Å². The number of anilines is 1. The van der Waals surface area contributed by atoms with Gasteiger partial charge in [0.2, 0.25) is 0 Å². The van der Waals surface area contributed by atoms with Gasteiger partial charge in [0.05, 0.1) is 5.56 Å². The number of hydrazone groups is 1. The van der Waals surface area contributed by atoms with E-state index in [9.17, 15) is 18.0 Å². The van der Waals surface area contributed by atoms with Crippen molar-refractivity contribution in [3.05, 3.63) is 29.3 Å². The maximum atomic E-state index is 13.5. The summed E-state index contributed by atoms with van der Waals surface area (Å²) in [5.41, 5.74) is 2.11. The van der Waals surface area contributed by atoms with Gasteiger partial charge in [-0.15, -0.1) is 0 Å². The highest BCUT2D eigenvalue weighted by atomic mass is 19.4. The van der Waals surface area contributed by atoms with Gasteiger partial charge >= 0.3 is 12.3 Å². The lowest BCUT2D eigenvalue weighted by Crippen LogP contribution is -2.53. The Morgan fingerprint density at radius 3 is 2.52 bits per heavy atom. The lowest BCUT2D eigenvalue weighted by molar-refractivity contribution is -0.137. The van der Waals surface area contributed by atoms with Crippen LogP contribution in [0.3, 0.4) is 0 Å². The number of nitrogens with one attached hydrogen (secondary N) is 1. The van der Waals surface area contributed by atoms with Gasteiger partial charge in [0.25, 0.3) is 0 Å². The Hall–Kier alpha value is -2.25. The Morgan fingerprint density at radius 1 is 1.30 bits per heavy atom. The van der Waals surface area contributed by atoms with Gasteiger partial charge in [-0.2, -0.15) is 18.3 Å². The fourth-order valence-corrected chi connectivity index (χ4v) is 3.12. The van der Waals surface area contributed by atoms with Crippen LogP contribution in [0.15, 0.2) is 23.3 Å². The summed E-state index contributed by atoms with van der Waals surface area (Å²) in [6.45, 7) is 3.66. The molecular formula is C15H16F3N3O2. The van der Waals surface area contributed by atoms with Crippen molar-refractivity contribution in [2.24, 2.45) is 5.10 Å². The van der Waals surface area contributed by atoms with Gasteiger partial charge in [-0.3, -0.25) is 0 Å². The van der Waals surface area contributed by atoms with Crippen molar-refractivity contribution in [3.8, 4) is 0 Å². The average molecular weight is 327 g/mol. The first-order valence-corrected chi connectivity index (χ1v) is 7.26. The molecule has 2 aliphatic heterocycles. The van der Waals surface area contributed by atoms with E-state index < -0.39 is 17.8 Å². The lowest BCUT2D eigenvalue weighted by atomic mass is 9.92. The zero-order valence-corrected chi connectivity index (χ0v) is 12.6. The van der Waals surface area contributed by atoms with Crippen LogP contribution in [0.25, 0.3) is 0 Å².